The average Bonchev–Trinajstić information content (AvgIpc) is 2.83. The van der Waals surface area contributed by atoms with Crippen LogP contribution in [-0.4, -0.2) is 18.5 Å². The molecule has 0 fully saturated rings. The summed E-state index contributed by atoms with van der Waals surface area (Å²) in [4.78, 5) is 24.5. The second kappa shape index (κ2) is 10.9. The Morgan fingerprint density at radius 2 is 1.39 bits per heavy atom. The molecule has 0 unspecified atom stereocenters. The second-order valence-electron chi connectivity index (χ2n) is 6.88. The number of carbonyl (C=O) groups is 2. The van der Waals surface area contributed by atoms with Gasteiger partial charge in [-0.25, -0.2) is 14.0 Å². The van der Waals surface area contributed by atoms with Crippen LogP contribution in [0.4, 0.5) is 8.78 Å². The summed E-state index contributed by atoms with van der Waals surface area (Å²) >= 11 is 0. The van der Waals surface area contributed by atoms with E-state index >= 15 is 0 Å². The van der Waals surface area contributed by atoms with E-state index in [1.54, 1.807) is 24.3 Å². The van der Waals surface area contributed by atoms with Gasteiger partial charge in [0.2, 0.25) is 5.82 Å². The van der Waals surface area contributed by atoms with Gasteiger partial charge in [-0.3, -0.25) is 0 Å². The van der Waals surface area contributed by atoms with Crippen molar-refractivity contribution >= 4 is 11.9 Å². The van der Waals surface area contributed by atoms with E-state index in [1.165, 1.54) is 30.3 Å². The van der Waals surface area contributed by atoms with Crippen LogP contribution in [-0.2, 0) is 0 Å². The first-order valence-electron chi connectivity index (χ1n) is 10.1. The third-order valence-corrected chi connectivity index (χ3v) is 4.53. The summed E-state index contributed by atoms with van der Waals surface area (Å²) in [6.07, 6.45) is 1.96. The molecule has 0 saturated carbocycles. The van der Waals surface area contributed by atoms with Gasteiger partial charge in [-0.15, -0.1) is 0 Å². The fourth-order valence-electron chi connectivity index (χ4n) is 2.70. The van der Waals surface area contributed by atoms with Gasteiger partial charge in [0, 0.05) is 0 Å². The molecule has 33 heavy (non-hydrogen) atoms. The first-order chi connectivity index (χ1) is 15.9. The van der Waals surface area contributed by atoms with Gasteiger partial charge in [0.15, 0.2) is 11.6 Å². The van der Waals surface area contributed by atoms with Gasteiger partial charge in [-0.1, -0.05) is 13.3 Å². The molecule has 0 aliphatic heterocycles. The number of hydrogen-bond acceptors (Lipinski definition) is 6. The molecule has 0 spiro atoms. The summed E-state index contributed by atoms with van der Waals surface area (Å²) in [5, 5.41) is 8.70. The predicted octanol–water partition coefficient (Wildman–Crippen LogP) is 5.45. The third-order valence-electron chi connectivity index (χ3n) is 4.53. The van der Waals surface area contributed by atoms with Crippen molar-refractivity contribution in [2.24, 2.45) is 0 Å². The van der Waals surface area contributed by atoms with Crippen molar-refractivity contribution in [1.29, 1.82) is 5.26 Å². The number of halogens is 2. The molecule has 3 rings (SSSR count). The summed E-state index contributed by atoms with van der Waals surface area (Å²) in [5.41, 5.74) is -0.163. The van der Waals surface area contributed by atoms with Crippen molar-refractivity contribution in [2.45, 2.75) is 19.8 Å². The third kappa shape index (κ3) is 5.92. The molecule has 0 N–H and O–H groups in total. The SMILES string of the molecule is CCCCOc1ccc(C(=O)Oc2ccc(C(=O)Oc3ccc(C#N)c(F)c3F)cc2)cc1. The number of nitrogens with zero attached hydrogens (tertiary/aromatic N) is 1. The largest absolute Gasteiger partial charge is 0.494 e. The number of unbranched alkanes of at least 4 members (excludes halogenated alkanes) is 1. The van der Waals surface area contributed by atoms with Crippen molar-refractivity contribution in [2.75, 3.05) is 6.61 Å². The number of carbonyl (C=O) groups excluding carboxylic acids is 2. The molecule has 3 aromatic rings. The lowest BCUT2D eigenvalue weighted by atomic mass is 10.2. The van der Waals surface area contributed by atoms with Gasteiger partial charge in [-0.2, -0.15) is 9.65 Å². The number of esters is 2. The zero-order valence-corrected chi connectivity index (χ0v) is 17.6. The van der Waals surface area contributed by atoms with Gasteiger partial charge in [-0.05, 0) is 67.1 Å². The van der Waals surface area contributed by atoms with Crippen LogP contribution < -0.4 is 14.2 Å². The number of hydrogen-bond donors (Lipinski definition) is 0. The molecular formula is C25H19F2NO5. The maximum atomic E-state index is 13.9. The maximum Gasteiger partial charge on any atom is 0.343 e. The molecule has 0 aliphatic carbocycles. The zero-order valence-electron chi connectivity index (χ0n) is 17.6. The Hall–Kier alpha value is -4.25. The average molecular weight is 451 g/mol. The van der Waals surface area contributed by atoms with Gasteiger partial charge in [0.05, 0.1) is 23.3 Å². The Bertz CT molecular complexity index is 1190. The standard InChI is InChI=1S/C25H19F2NO5/c1-2-3-14-31-19-9-4-16(5-10-19)24(29)32-20-11-6-17(7-12-20)25(30)33-21-13-8-18(15-28)22(26)23(21)27/h4-13H,2-3,14H2,1H3. The van der Waals surface area contributed by atoms with Crippen molar-refractivity contribution in [3.05, 3.63) is 89.0 Å². The minimum atomic E-state index is -1.44. The van der Waals surface area contributed by atoms with Gasteiger partial charge >= 0.3 is 11.9 Å². The smallest absolute Gasteiger partial charge is 0.343 e. The molecular weight excluding hydrogens is 432 g/mol. The fraction of sp³-hybridized carbons (Fsp3) is 0.160. The van der Waals surface area contributed by atoms with E-state index in [9.17, 15) is 18.4 Å². The topological polar surface area (TPSA) is 85.6 Å². The van der Waals surface area contributed by atoms with Gasteiger partial charge in [0.1, 0.15) is 17.6 Å². The monoisotopic (exact) mass is 451 g/mol. The summed E-state index contributed by atoms with van der Waals surface area (Å²) in [7, 11) is 0. The summed E-state index contributed by atoms with van der Waals surface area (Å²) in [6, 6.07) is 15.4. The summed E-state index contributed by atoms with van der Waals surface area (Å²) in [6.45, 7) is 2.66. The highest BCUT2D eigenvalue weighted by atomic mass is 19.2. The van der Waals surface area contributed by atoms with E-state index in [1.807, 2.05) is 0 Å². The molecule has 0 atom stereocenters. The fourth-order valence-corrected chi connectivity index (χ4v) is 2.70. The zero-order chi connectivity index (χ0) is 23.8. The van der Waals surface area contributed by atoms with Crippen LogP contribution in [0.15, 0.2) is 60.7 Å². The lowest BCUT2D eigenvalue weighted by Gasteiger charge is -2.08. The molecule has 0 amide bonds. The van der Waals surface area contributed by atoms with Crippen molar-refractivity contribution in [3.8, 4) is 23.3 Å². The lowest BCUT2D eigenvalue weighted by Crippen LogP contribution is -2.11. The second-order valence-corrected chi connectivity index (χ2v) is 6.88. The molecule has 0 bridgehead atoms. The van der Waals surface area contributed by atoms with Crippen molar-refractivity contribution < 1.29 is 32.6 Å². The molecule has 0 radical (unpaired) electrons. The molecule has 3 aromatic carbocycles. The van der Waals surface area contributed by atoms with E-state index in [0.717, 1.165) is 25.0 Å². The van der Waals surface area contributed by atoms with Crippen LogP contribution in [0.5, 0.6) is 17.2 Å². The van der Waals surface area contributed by atoms with E-state index in [0.29, 0.717) is 17.9 Å². The number of ether oxygens (including phenoxy) is 3. The highest BCUT2D eigenvalue weighted by Crippen LogP contribution is 2.24. The van der Waals surface area contributed by atoms with E-state index in [2.05, 4.69) is 6.92 Å². The quantitative estimate of drug-likeness (QED) is 0.257. The van der Waals surface area contributed by atoms with Crippen LogP contribution in [0.3, 0.4) is 0 Å². The molecule has 6 nitrogen and oxygen atoms in total. The first-order valence-corrected chi connectivity index (χ1v) is 10.1. The van der Waals surface area contributed by atoms with Crippen LogP contribution in [0.25, 0.3) is 0 Å². The molecule has 0 saturated heterocycles. The number of rotatable bonds is 8. The number of nitriles is 1. The Morgan fingerprint density at radius 3 is 1.97 bits per heavy atom. The Labute approximate surface area is 188 Å². The maximum absolute atomic E-state index is 13.9. The highest BCUT2D eigenvalue weighted by molar-refractivity contribution is 5.92. The van der Waals surface area contributed by atoms with E-state index in [-0.39, 0.29) is 11.3 Å². The predicted molar refractivity (Wildman–Crippen MR) is 114 cm³/mol. The van der Waals surface area contributed by atoms with E-state index < -0.39 is 34.9 Å². The van der Waals surface area contributed by atoms with Crippen LogP contribution in [0, 0.1) is 23.0 Å². The Morgan fingerprint density at radius 1 is 0.818 bits per heavy atom. The number of benzene rings is 3. The van der Waals surface area contributed by atoms with Crippen LogP contribution in [0.1, 0.15) is 46.0 Å². The molecule has 8 heteroatoms. The Balaban J connectivity index is 1.61. The highest BCUT2D eigenvalue weighted by Gasteiger charge is 2.18. The summed E-state index contributed by atoms with van der Waals surface area (Å²) < 4.78 is 43.3. The Kier molecular flexibility index (Phi) is 7.71. The van der Waals surface area contributed by atoms with Crippen molar-refractivity contribution in [1.82, 2.24) is 0 Å². The van der Waals surface area contributed by atoms with Gasteiger partial charge < -0.3 is 14.2 Å². The van der Waals surface area contributed by atoms with Crippen LogP contribution in [0.2, 0.25) is 0 Å². The summed E-state index contributed by atoms with van der Waals surface area (Å²) in [5.74, 6) is -4.19. The van der Waals surface area contributed by atoms with Crippen LogP contribution >= 0.6 is 0 Å². The molecule has 0 aromatic heterocycles. The molecule has 168 valence electrons. The minimum absolute atomic E-state index is 0.0209. The molecule has 0 aliphatic rings. The minimum Gasteiger partial charge on any atom is -0.494 e. The van der Waals surface area contributed by atoms with Gasteiger partial charge in [0.25, 0.3) is 0 Å². The van der Waals surface area contributed by atoms with E-state index in [4.69, 9.17) is 19.5 Å². The first kappa shape index (κ1) is 23.4. The van der Waals surface area contributed by atoms with Crippen molar-refractivity contribution in [3.63, 3.8) is 0 Å². The normalized spacial score (nSPS) is 10.2. The molecule has 0 heterocycles. The lowest BCUT2D eigenvalue weighted by molar-refractivity contribution is 0.0724.